The second kappa shape index (κ2) is 11.6. The number of hydrogen-bond donors (Lipinski definition) is 0. The topological polar surface area (TPSA) is 0 Å². The summed E-state index contributed by atoms with van der Waals surface area (Å²) < 4.78 is 0. The average molecular weight is 270 g/mol. The van der Waals surface area contributed by atoms with Crippen molar-refractivity contribution in [1.29, 1.82) is 0 Å². The molecule has 0 unspecified atom stereocenters. The maximum atomic E-state index is 3.59. The molecule has 0 fully saturated rings. The Morgan fingerprint density at radius 3 is 2.00 bits per heavy atom. The molecular weight excluding hydrogens is 240 g/mol. The molecule has 0 aliphatic carbocycles. The second-order valence-corrected chi connectivity index (χ2v) is 5.65. The summed E-state index contributed by atoms with van der Waals surface area (Å²) >= 11 is 0. The van der Waals surface area contributed by atoms with E-state index in [2.05, 4.69) is 43.5 Å². The molecule has 0 saturated heterocycles. The van der Waals surface area contributed by atoms with Crippen molar-refractivity contribution in [3.05, 3.63) is 53.8 Å². The Hall–Kier alpha value is -1.26. The first kappa shape index (κ1) is 16.8. The number of benzene rings is 1. The molecule has 0 atom stereocenters. The van der Waals surface area contributed by atoms with Gasteiger partial charge < -0.3 is 0 Å². The van der Waals surface area contributed by atoms with Gasteiger partial charge in [0.1, 0.15) is 0 Å². The summed E-state index contributed by atoms with van der Waals surface area (Å²) in [5.74, 6) is 0. The summed E-state index contributed by atoms with van der Waals surface area (Å²) in [5.41, 5.74) is 5.64. The lowest BCUT2D eigenvalue weighted by atomic mass is 10.0. The van der Waals surface area contributed by atoms with E-state index in [1.807, 2.05) is 6.08 Å². The minimum Gasteiger partial charge on any atom is -0.133 e. The molecule has 0 nitrogen and oxygen atoms in total. The van der Waals surface area contributed by atoms with Crippen molar-refractivity contribution in [2.45, 2.75) is 71.1 Å². The van der Waals surface area contributed by atoms with E-state index in [-0.39, 0.29) is 0 Å². The van der Waals surface area contributed by atoms with Gasteiger partial charge >= 0.3 is 0 Å². The minimum absolute atomic E-state index is 0.946. The van der Waals surface area contributed by atoms with E-state index < -0.39 is 0 Å². The van der Waals surface area contributed by atoms with Gasteiger partial charge in [-0.15, -0.1) is 5.73 Å². The van der Waals surface area contributed by atoms with Gasteiger partial charge in [0.05, 0.1) is 0 Å². The van der Waals surface area contributed by atoms with Gasteiger partial charge in [0.25, 0.3) is 0 Å². The summed E-state index contributed by atoms with van der Waals surface area (Å²) in [4.78, 5) is 0. The van der Waals surface area contributed by atoms with Gasteiger partial charge in [-0.25, -0.2) is 0 Å². The van der Waals surface area contributed by atoms with Crippen LogP contribution in [0.1, 0.15) is 69.4 Å². The van der Waals surface area contributed by atoms with Crippen LogP contribution in [-0.4, -0.2) is 0 Å². The van der Waals surface area contributed by atoms with Crippen LogP contribution >= 0.6 is 0 Å². The number of allylic oxidation sites excluding steroid dienone is 1. The Labute approximate surface area is 125 Å². The highest BCUT2D eigenvalue weighted by atomic mass is 14.0. The molecule has 0 bridgehead atoms. The van der Waals surface area contributed by atoms with Gasteiger partial charge in [-0.3, -0.25) is 0 Å². The van der Waals surface area contributed by atoms with Crippen LogP contribution in [0.15, 0.2) is 42.7 Å². The molecule has 0 heteroatoms. The van der Waals surface area contributed by atoms with E-state index in [9.17, 15) is 0 Å². The third-order valence-corrected chi connectivity index (χ3v) is 3.82. The third-order valence-electron chi connectivity index (χ3n) is 3.82. The Morgan fingerprint density at radius 1 is 0.850 bits per heavy atom. The standard InChI is InChI=1S/C20H30/c1-3-5-7-8-9-10-11-12-14-20-17-15-19(16-18-20)13-6-4-2/h6,15-18H,2-3,5,7-14H2,1H3. The van der Waals surface area contributed by atoms with Gasteiger partial charge in [-0.05, 0) is 36.5 Å². The first-order chi connectivity index (χ1) is 9.86. The van der Waals surface area contributed by atoms with Crippen molar-refractivity contribution >= 4 is 0 Å². The van der Waals surface area contributed by atoms with Crippen LogP contribution in [0.25, 0.3) is 0 Å². The van der Waals surface area contributed by atoms with Crippen molar-refractivity contribution in [3.8, 4) is 0 Å². The fraction of sp³-hybridized carbons (Fsp3) is 0.550. The Balaban J connectivity index is 2.08. The molecule has 0 N–H and O–H groups in total. The normalized spacial score (nSPS) is 10.2. The zero-order valence-corrected chi connectivity index (χ0v) is 13.2. The molecule has 1 rings (SSSR count). The summed E-state index contributed by atoms with van der Waals surface area (Å²) in [6.07, 6.45) is 15.3. The third kappa shape index (κ3) is 8.02. The Bertz CT molecular complexity index is 379. The van der Waals surface area contributed by atoms with Crippen LogP contribution in [0.4, 0.5) is 0 Å². The fourth-order valence-electron chi connectivity index (χ4n) is 2.50. The molecule has 0 aliphatic rings. The lowest BCUT2D eigenvalue weighted by Gasteiger charge is -2.04. The van der Waals surface area contributed by atoms with Crippen LogP contribution < -0.4 is 0 Å². The zero-order valence-electron chi connectivity index (χ0n) is 13.2. The quantitative estimate of drug-likeness (QED) is 0.329. The fourth-order valence-corrected chi connectivity index (χ4v) is 2.50. The van der Waals surface area contributed by atoms with E-state index in [1.54, 1.807) is 0 Å². The van der Waals surface area contributed by atoms with E-state index in [4.69, 9.17) is 0 Å². The highest BCUT2D eigenvalue weighted by Crippen LogP contribution is 2.12. The molecule has 0 radical (unpaired) electrons. The van der Waals surface area contributed by atoms with Crippen LogP contribution in [0, 0.1) is 0 Å². The SMILES string of the molecule is C=C=CCc1ccc(CCCCCCCCCC)cc1. The van der Waals surface area contributed by atoms with Crippen molar-refractivity contribution < 1.29 is 0 Å². The van der Waals surface area contributed by atoms with Crippen molar-refractivity contribution in [1.82, 2.24) is 0 Å². The first-order valence-electron chi connectivity index (χ1n) is 8.29. The second-order valence-electron chi connectivity index (χ2n) is 5.65. The summed E-state index contributed by atoms with van der Waals surface area (Å²) in [6, 6.07) is 9.00. The predicted molar refractivity (Wildman–Crippen MR) is 90.2 cm³/mol. The first-order valence-corrected chi connectivity index (χ1v) is 8.29. The number of unbranched alkanes of at least 4 members (excludes halogenated alkanes) is 7. The molecule has 1 aromatic carbocycles. The predicted octanol–water partition coefficient (Wildman–Crippen LogP) is 6.25. The van der Waals surface area contributed by atoms with Crippen molar-refractivity contribution in [3.63, 3.8) is 0 Å². The lowest BCUT2D eigenvalue weighted by Crippen LogP contribution is -1.88. The zero-order chi connectivity index (χ0) is 14.5. The van der Waals surface area contributed by atoms with Crippen LogP contribution in [0.2, 0.25) is 0 Å². The van der Waals surface area contributed by atoms with Gasteiger partial charge in [0.15, 0.2) is 0 Å². The minimum atomic E-state index is 0.946. The maximum absolute atomic E-state index is 3.59. The molecule has 0 aromatic heterocycles. The highest BCUT2D eigenvalue weighted by Gasteiger charge is 1.95. The van der Waals surface area contributed by atoms with Gasteiger partial charge in [-0.1, -0.05) is 82.7 Å². The highest BCUT2D eigenvalue weighted by molar-refractivity contribution is 5.24. The Morgan fingerprint density at radius 2 is 1.40 bits per heavy atom. The molecule has 0 amide bonds. The summed E-state index contributed by atoms with van der Waals surface area (Å²) in [7, 11) is 0. The molecule has 0 heterocycles. The molecule has 0 spiro atoms. The molecule has 0 saturated carbocycles. The smallest absolute Gasteiger partial charge is 0.00215 e. The molecule has 20 heavy (non-hydrogen) atoms. The van der Waals surface area contributed by atoms with Crippen LogP contribution in [-0.2, 0) is 12.8 Å². The van der Waals surface area contributed by atoms with Gasteiger partial charge in [-0.2, -0.15) is 0 Å². The largest absolute Gasteiger partial charge is 0.133 e. The van der Waals surface area contributed by atoms with E-state index >= 15 is 0 Å². The molecule has 110 valence electrons. The van der Waals surface area contributed by atoms with Crippen molar-refractivity contribution in [2.24, 2.45) is 0 Å². The van der Waals surface area contributed by atoms with Gasteiger partial charge in [0.2, 0.25) is 0 Å². The molecule has 1 aromatic rings. The summed E-state index contributed by atoms with van der Waals surface area (Å²) in [6.45, 7) is 5.87. The number of rotatable bonds is 11. The number of aryl methyl sites for hydroxylation is 1. The average Bonchev–Trinajstić information content (AvgIpc) is 2.49. The molecule has 0 aliphatic heterocycles. The van der Waals surface area contributed by atoms with E-state index in [0.717, 1.165) is 6.42 Å². The monoisotopic (exact) mass is 270 g/mol. The maximum Gasteiger partial charge on any atom is -0.00215 e. The summed E-state index contributed by atoms with van der Waals surface area (Å²) in [5, 5.41) is 0. The van der Waals surface area contributed by atoms with Crippen LogP contribution in [0.3, 0.4) is 0 Å². The van der Waals surface area contributed by atoms with Crippen LogP contribution in [0.5, 0.6) is 0 Å². The Kier molecular flexibility index (Phi) is 9.70. The van der Waals surface area contributed by atoms with Gasteiger partial charge in [0, 0.05) is 0 Å². The molecular formula is C20H30. The van der Waals surface area contributed by atoms with E-state index in [1.165, 1.54) is 68.9 Å². The van der Waals surface area contributed by atoms with Crippen molar-refractivity contribution in [2.75, 3.05) is 0 Å². The number of hydrogen-bond acceptors (Lipinski definition) is 0. The van der Waals surface area contributed by atoms with E-state index in [0.29, 0.717) is 0 Å². The lowest BCUT2D eigenvalue weighted by molar-refractivity contribution is 0.575.